The van der Waals surface area contributed by atoms with Crippen molar-refractivity contribution in [2.75, 3.05) is 6.54 Å². The minimum atomic E-state index is -0.603. The maximum Gasteiger partial charge on any atom is 0.0978 e. The number of nitrogens with two attached hydrogens (primary N) is 1. The minimum Gasteiger partial charge on any atom is -0.387 e. The first kappa shape index (κ1) is 12.2. The van der Waals surface area contributed by atoms with Crippen molar-refractivity contribution in [2.24, 2.45) is 5.73 Å². The van der Waals surface area contributed by atoms with E-state index in [0.29, 0.717) is 6.54 Å². The molecule has 2 aromatic heterocycles. The zero-order valence-electron chi connectivity index (χ0n) is 9.58. The van der Waals surface area contributed by atoms with E-state index in [1.807, 2.05) is 19.1 Å². The van der Waals surface area contributed by atoms with Gasteiger partial charge in [0.1, 0.15) is 0 Å². The Labute approximate surface area is 104 Å². The number of pyridine rings is 1. The predicted octanol–water partition coefficient (Wildman–Crippen LogP) is 1.62. The highest BCUT2D eigenvalue weighted by atomic mass is 32.1. The Balaban J connectivity index is 2.25. The molecule has 0 saturated carbocycles. The second-order valence-electron chi connectivity index (χ2n) is 3.85. The van der Waals surface area contributed by atoms with E-state index in [9.17, 15) is 5.11 Å². The summed E-state index contributed by atoms with van der Waals surface area (Å²) in [6.07, 6.45) is 4.54. The van der Waals surface area contributed by atoms with Gasteiger partial charge in [0.05, 0.1) is 16.0 Å². The highest BCUT2D eigenvalue weighted by Crippen LogP contribution is 2.32. The predicted molar refractivity (Wildman–Crippen MR) is 67.8 cm³/mol. The molecular formula is C12H15N3OS. The highest BCUT2D eigenvalue weighted by molar-refractivity contribution is 7.11. The quantitative estimate of drug-likeness (QED) is 0.863. The second-order valence-corrected chi connectivity index (χ2v) is 5.12. The van der Waals surface area contributed by atoms with Gasteiger partial charge in [-0.25, -0.2) is 4.98 Å². The van der Waals surface area contributed by atoms with Crippen LogP contribution in [-0.4, -0.2) is 21.6 Å². The standard InChI is InChI=1S/C12H15N3OS/c1-8-15-7-11(17-8)12(16)10(6-13)9-2-4-14-5-3-9/h2-5,7,10,12,16H,6,13H2,1H3. The van der Waals surface area contributed by atoms with Gasteiger partial charge in [0.25, 0.3) is 0 Å². The van der Waals surface area contributed by atoms with Crippen LogP contribution < -0.4 is 5.73 Å². The summed E-state index contributed by atoms with van der Waals surface area (Å²) in [5.74, 6) is -0.113. The largest absolute Gasteiger partial charge is 0.387 e. The van der Waals surface area contributed by atoms with E-state index in [1.165, 1.54) is 11.3 Å². The molecule has 0 aliphatic rings. The van der Waals surface area contributed by atoms with Gasteiger partial charge in [-0.15, -0.1) is 11.3 Å². The monoisotopic (exact) mass is 249 g/mol. The number of aryl methyl sites for hydroxylation is 1. The fourth-order valence-corrected chi connectivity index (χ4v) is 2.61. The SMILES string of the molecule is Cc1ncc(C(O)C(CN)c2ccncc2)s1. The van der Waals surface area contributed by atoms with Crippen molar-refractivity contribution < 1.29 is 5.11 Å². The summed E-state index contributed by atoms with van der Waals surface area (Å²) in [5, 5.41) is 11.3. The Kier molecular flexibility index (Phi) is 3.83. The lowest BCUT2D eigenvalue weighted by Gasteiger charge is -2.20. The van der Waals surface area contributed by atoms with E-state index in [0.717, 1.165) is 15.4 Å². The van der Waals surface area contributed by atoms with Gasteiger partial charge in [-0.2, -0.15) is 0 Å². The third-order valence-corrected chi connectivity index (χ3v) is 3.68. The summed E-state index contributed by atoms with van der Waals surface area (Å²) in [4.78, 5) is 8.98. The average molecular weight is 249 g/mol. The van der Waals surface area contributed by atoms with Crippen molar-refractivity contribution in [3.05, 3.63) is 46.2 Å². The molecule has 2 unspecified atom stereocenters. The van der Waals surface area contributed by atoms with Crippen LogP contribution in [0.1, 0.15) is 27.5 Å². The zero-order chi connectivity index (χ0) is 12.3. The molecule has 0 aromatic carbocycles. The summed E-state index contributed by atoms with van der Waals surface area (Å²) < 4.78 is 0. The van der Waals surface area contributed by atoms with Gasteiger partial charge in [0.15, 0.2) is 0 Å². The maximum absolute atomic E-state index is 10.3. The van der Waals surface area contributed by atoms with Crippen LogP contribution in [0.3, 0.4) is 0 Å². The minimum absolute atomic E-state index is 0.113. The Hall–Kier alpha value is -1.30. The molecule has 17 heavy (non-hydrogen) atoms. The van der Waals surface area contributed by atoms with Crippen LogP contribution in [0.2, 0.25) is 0 Å². The molecule has 90 valence electrons. The third kappa shape index (κ3) is 2.69. The molecule has 0 aliphatic carbocycles. The molecule has 0 spiro atoms. The molecule has 2 atom stereocenters. The molecule has 0 amide bonds. The zero-order valence-corrected chi connectivity index (χ0v) is 10.4. The molecule has 0 saturated heterocycles. The number of rotatable bonds is 4. The smallest absolute Gasteiger partial charge is 0.0978 e. The third-order valence-electron chi connectivity index (χ3n) is 2.70. The molecule has 4 nitrogen and oxygen atoms in total. The first-order valence-electron chi connectivity index (χ1n) is 5.42. The van der Waals surface area contributed by atoms with Crippen molar-refractivity contribution in [3.63, 3.8) is 0 Å². The van der Waals surface area contributed by atoms with E-state index in [4.69, 9.17) is 5.73 Å². The van der Waals surface area contributed by atoms with Crippen LogP contribution in [-0.2, 0) is 0 Å². The van der Waals surface area contributed by atoms with E-state index in [2.05, 4.69) is 9.97 Å². The fraction of sp³-hybridized carbons (Fsp3) is 0.333. The van der Waals surface area contributed by atoms with Crippen molar-refractivity contribution in [3.8, 4) is 0 Å². The number of aromatic nitrogens is 2. The van der Waals surface area contributed by atoms with Gasteiger partial charge in [-0.1, -0.05) is 0 Å². The van der Waals surface area contributed by atoms with Gasteiger partial charge >= 0.3 is 0 Å². The van der Waals surface area contributed by atoms with Crippen LogP contribution >= 0.6 is 11.3 Å². The van der Waals surface area contributed by atoms with Gasteiger partial charge in [-0.05, 0) is 24.6 Å². The van der Waals surface area contributed by atoms with Crippen LogP contribution in [0, 0.1) is 6.92 Å². The molecule has 2 aromatic rings. The molecule has 5 heteroatoms. The highest BCUT2D eigenvalue weighted by Gasteiger charge is 2.23. The Morgan fingerprint density at radius 2 is 2.12 bits per heavy atom. The molecular weight excluding hydrogens is 234 g/mol. The van der Waals surface area contributed by atoms with Crippen molar-refractivity contribution in [2.45, 2.75) is 18.9 Å². The van der Waals surface area contributed by atoms with Crippen LogP contribution in [0.25, 0.3) is 0 Å². The first-order chi connectivity index (χ1) is 8.22. The topological polar surface area (TPSA) is 72.0 Å². The molecule has 2 rings (SSSR count). The number of aliphatic hydroxyl groups is 1. The summed E-state index contributed by atoms with van der Waals surface area (Å²) in [7, 11) is 0. The molecule has 2 heterocycles. The Morgan fingerprint density at radius 1 is 1.41 bits per heavy atom. The summed E-state index contributed by atoms with van der Waals surface area (Å²) in [5.41, 5.74) is 6.75. The van der Waals surface area contributed by atoms with Gasteiger partial charge in [0, 0.05) is 31.1 Å². The molecule has 0 fully saturated rings. The van der Waals surface area contributed by atoms with Crippen LogP contribution in [0.15, 0.2) is 30.7 Å². The van der Waals surface area contributed by atoms with Crippen molar-refractivity contribution in [1.82, 2.24) is 9.97 Å². The maximum atomic E-state index is 10.3. The number of nitrogens with zero attached hydrogens (tertiary/aromatic N) is 2. The summed E-state index contributed by atoms with van der Waals surface area (Å²) in [6.45, 7) is 2.31. The summed E-state index contributed by atoms with van der Waals surface area (Å²) in [6, 6.07) is 3.77. The normalized spacial score (nSPS) is 14.5. The van der Waals surface area contributed by atoms with Crippen molar-refractivity contribution in [1.29, 1.82) is 0 Å². The molecule has 0 aliphatic heterocycles. The lowest BCUT2D eigenvalue weighted by Crippen LogP contribution is -2.19. The van der Waals surface area contributed by atoms with E-state index < -0.39 is 6.10 Å². The van der Waals surface area contributed by atoms with Gasteiger partial charge in [0.2, 0.25) is 0 Å². The number of hydrogen-bond donors (Lipinski definition) is 2. The second kappa shape index (κ2) is 5.35. The lowest BCUT2D eigenvalue weighted by atomic mass is 9.94. The first-order valence-corrected chi connectivity index (χ1v) is 6.24. The number of thiazole rings is 1. The van der Waals surface area contributed by atoms with E-state index in [-0.39, 0.29) is 5.92 Å². The lowest BCUT2D eigenvalue weighted by molar-refractivity contribution is 0.151. The van der Waals surface area contributed by atoms with Crippen LogP contribution in [0.4, 0.5) is 0 Å². The number of aliphatic hydroxyl groups excluding tert-OH is 1. The molecule has 0 bridgehead atoms. The molecule has 3 N–H and O–H groups in total. The number of hydrogen-bond acceptors (Lipinski definition) is 5. The average Bonchev–Trinajstić information content (AvgIpc) is 2.78. The van der Waals surface area contributed by atoms with Crippen LogP contribution in [0.5, 0.6) is 0 Å². The van der Waals surface area contributed by atoms with Crippen molar-refractivity contribution >= 4 is 11.3 Å². The Bertz CT molecular complexity index is 472. The van der Waals surface area contributed by atoms with Gasteiger partial charge < -0.3 is 10.8 Å². The summed E-state index contributed by atoms with van der Waals surface area (Å²) >= 11 is 1.50. The van der Waals surface area contributed by atoms with E-state index in [1.54, 1.807) is 18.6 Å². The molecule has 0 radical (unpaired) electrons. The van der Waals surface area contributed by atoms with Gasteiger partial charge in [-0.3, -0.25) is 4.98 Å². The fourth-order valence-electron chi connectivity index (χ4n) is 1.77. The Morgan fingerprint density at radius 3 is 2.65 bits per heavy atom. The van der Waals surface area contributed by atoms with E-state index >= 15 is 0 Å².